The van der Waals surface area contributed by atoms with Crippen LogP contribution < -0.4 is 10.1 Å². The smallest absolute Gasteiger partial charge is 0.324 e. The number of imide groups is 1. The SMILES string of the molecule is Cc1ccc(C)c(OC[C@H](O)CN2C(=O)N[C@H](C)C2=O)c1. The van der Waals surface area contributed by atoms with E-state index in [0.717, 1.165) is 16.0 Å². The van der Waals surface area contributed by atoms with Crippen LogP contribution in [0.4, 0.5) is 4.79 Å². The number of carbonyl (C=O) groups excluding carboxylic acids is 2. The predicted octanol–water partition coefficient (Wildman–Crippen LogP) is 0.983. The minimum atomic E-state index is -0.926. The van der Waals surface area contributed by atoms with Crippen LogP contribution in [-0.2, 0) is 4.79 Å². The molecule has 0 radical (unpaired) electrons. The number of aliphatic hydroxyl groups is 1. The summed E-state index contributed by atoms with van der Waals surface area (Å²) in [5.74, 6) is 0.366. The van der Waals surface area contributed by atoms with Gasteiger partial charge >= 0.3 is 6.03 Å². The molecule has 1 fully saturated rings. The Morgan fingerprint density at radius 2 is 2.10 bits per heavy atom. The molecule has 3 amide bonds. The summed E-state index contributed by atoms with van der Waals surface area (Å²) in [5, 5.41) is 12.5. The van der Waals surface area contributed by atoms with Crippen LogP contribution in [0.3, 0.4) is 0 Å². The van der Waals surface area contributed by atoms with E-state index < -0.39 is 18.2 Å². The second kappa shape index (κ2) is 6.13. The van der Waals surface area contributed by atoms with E-state index in [4.69, 9.17) is 4.74 Å². The van der Waals surface area contributed by atoms with Crippen LogP contribution in [0.5, 0.6) is 5.75 Å². The fraction of sp³-hybridized carbons (Fsp3) is 0.467. The molecule has 0 bridgehead atoms. The number of carbonyl (C=O) groups is 2. The van der Waals surface area contributed by atoms with E-state index in [1.807, 2.05) is 32.0 Å². The molecule has 21 heavy (non-hydrogen) atoms. The number of hydrogen-bond donors (Lipinski definition) is 2. The molecule has 6 heteroatoms. The lowest BCUT2D eigenvalue weighted by Gasteiger charge is -2.18. The highest BCUT2D eigenvalue weighted by molar-refractivity contribution is 6.03. The number of aryl methyl sites for hydroxylation is 2. The summed E-state index contributed by atoms with van der Waals surface area (Å²) in [5.41, 5.74) is 2.03. The van der Waals surface area contributed by atoms with Crippen molar-refractivity contribution in [2.24, 2.45) is 0 Å². The number of nitrogens with one attached hydrogen (secondary N) is 1. The lowest BCUT2D eigenvalue weighted by Crippen LogP contribution is -2.40. The minimum absolute atomic E-state index is 0.0235. The number of rotatable bonds is 5. The van der Waals surface area contributed by atoms with Crippen molar-refractivity contribution in [2.75, 3.05) is 13.2 Å². The Morgan fingerprint density at radius 1 is 1.38 bits per heavy atom. The molecule has 2 atom stereocenters. The van der Waals surface area contributed by atoms with Crippen molar-refractivity contribution in [1.29, 1.82) is 0 Å². The number of urea groups is 1. The van der Waals surface area contributed by atoms with E-state index in [1.54, 1.807) is 6.92 Å². The van der Waals surface area contributed by atoms with E-state index in [-0.39, 0.29) is 19.1 Å². The van der Waals surface area contributed by atoms with Gasteiger partial charge in [-0.05, 0) is 38.0 Å². The van der Waals surface area contributed by atoms with Crippen molar-refractivity contribution in [2.45, 2.75) is 32.9 Å². The maximum absolute atomic E-state index is 11.7. The topological polar surface area (TPSA) is 78.9 Å². The highest BCUT2D eigenvalue weighted by Crippen LogP contribution is 2.19. The molecule has 2 N–H and O–H groups in total. The van der Waals surface area contributed by atoms with Gasteiger partial charge in [0.15, 0.2) is 0 Å². The minimum Gasteiger partial charge on any atom is -0.491 e. The van der Waals surface area contributed by atoms with Gasteiger partial charge in [-0.3, -0.25) is 9.69 Å². The van der Waals surface area contributed by atoms with Gasteiger partial charge in [-0.15, -0.1) is 0 Å². The predicted molar refractivity (Wildman–Crippen MR) is 77.1 cm³/mol. The lowest BCUT2D eigenvalue weighted by molar-refractivity contribution is -0.128. The number of amides is 3. The van der Waals surface area contributed by atoms with Gasteiger partial charge in [-0.1, -0.05) is 12.1 Å². The third-order valence-corrected chi connectivity index (χ3v) is 3.39. The number of hydrogen-bond acceptors (Lipinski definition) is 4. The van der Waals surface area contributed by atoms with E-state index >= 15 is 0 Å². The summed E-state index contributed by atoms with van der Waals surface area (Å²) in [6.07, 6.45) is -0.926. The van der Waals surface area contributed by atoms with Gasteiger partial charge in [0.1, 0.15) is 24.5 Å². The third kappa shape index (κ3) is 3.52. The first-order valence-electron chi connectivity index (χ1n) is 6.88. The average Bonchev–Trinajstić information content (AvgIpc) is 2.66. The van der Waals surface area contributed by atoms with Crippen molar-refractivity contribution in [3.63, 3.8) is 0 Å². The molecule has 1 heterocycles. The number of nitrogens with zero attached hydrogens (tertiary/aromatic N) is 1. The number of benzene rings is 1. The summed E-state index contributed by atoms with van der Waals surface area (Å²) < 4.78 is 5.57. The summed E-state index contributed by atoms with van der Waals surface area (Å²) in [6, 6.07) is 4.80. The number of ether oxygens (including phenoxy) is 1. The second-order valence-electron chi connectivity index (χ2n) is 5.35. The number of β-amino-alcohol motifs (C(OH)–C–C–N with tert-alkyl or cyclic N) is 1. The molecule has 0 aliphatic carbocycles. The molecule has 2 rings (SSSR count). The molecule has 0 aromatic heterocycles. The lowest BCUT2D eigenvalue weighted by atomic mass is 10.1. The fourth-order valence-corrected chi connectivity index (χ4v) is 2.14. The first-order chi connectivity index (χ1) is 9.88. The molecule has 1 aromatic rings. The van der Waals surface area contributed by atoms with Crippen LogP contribution in [0, 0.1) is 13.8 Å². The zero-order valence-electron chi connectivity index (χ0n) is 12.4. The maximum atomic E-state index is 11.7. The first kappa shape index (κ1) is 15.3. The largest absolute Gasteiger partial charge is 0.491 e. The van der Waals surface area contributed by atoms with Gasteiger partial charge in [0.2, 0.25) is 0 Å². The molecule has 6 nitrogen and oxygen atoms in total. The van der Waals surface area contributed by atoms with Crippen molar-refractivity contribution in [3.8, 4) is 5.75 Å². The summed E-state index contributed by atoms with van der Waals surface area (Å²) in [7, 11) is 0. The standard InChI is InChI=1S/C15H20N2O4/c1-9-4-5-10(2)13(6-9)21-8-12(18)7-17-14(19)11(3)16-15(17)20/h4-6,11-12,18H,7-8H2,1-3H3,(H,16,20)/t11-,12-/m1/s1. The number of aliphatic hydroxyl groups excluding tert-OH is 1. The van der Waals surface area contributed by atoms with Crippen LogP contribution in [0.15, 0.2) is 18.2 Å². The third-order valence-electron chi connectivity index (χ3n) is 3.39. The van der Waals surface area contributed by atoms with Gasteiger partial charge in [0.25, 0.3) is 5.91 Å². The molecular weight excluding hydrogens is 272 g/mol. The average molecular weight is 292 g/mol. The van der Waals surface area contributed by atoms with Crippen LogP contribution >= 0.6 is 0 Å². The van der Waals surface area contributed by atoms with Gasteiger partial charge in [-0.2, -0.15) is 0 Å². The van der Waals surface area contributed by atoms with Crippen LogP contribution in [0.2, 0.25) is 0 Å². The van der Waals surface area contributed by atoms with Gasteiger partial charge in [0.05, 0.1) is 6.54 Å². The Bertz CT molecular complexity index is 559. The summed E-state index contributed by atoms with van der Waals surface area (Å²) >= 11 is 0. The fourth-order valence-electron chi connectivity index (χ4n) is 2.14. The van der Waals surface area contributed by atoms with E-state index in [2.05, 4.69) is 5.32 Å². The van der Waals surface area contributed by atoms with E-state index in [1.165, 1.54) is 0 Å². The monoisotopic (exact) mass is 292 g/mol. The maximum Gasteiger partial charge on any atom is 0.324 e. The highest BCUT2D eigenvalue weighted by atomic mass is 16.5. The van der Waals surface area contributed by atoms with E-state index in [9.17, 15) is 14.7 Å². The van der Waals surface area contributed by atoms with Crippen LogP contribution in [0.25, 0.3) is 0 Å². The van der Waals surface area contributed by atoms with E-state index in [0.29, 0.717) is 5.75 Å². The van der Waals surface area contributed by atoms with Crippen LogP contribution in [0.1, 0.15) is 18.1 Å². The molecule has 1 saturated heterocycles. The molecule has 114 valence electrons. The zero-order chi connectivity index (χ0) is 15.6. The van der Waals surface area contributed by atoms with Crippen molar-refractivity contribution >= 4 is 11.9 Å². The Balaban J connectivity index is 1.90. The molecule has 0 saturated carbocycles. The van der Waals surface area contributed by atoms with Crippen LogP contribution in [-0.4, -0.2) is 47.2 Å². The highest BCUT2D eigenvalue weighted by Gasteiger charge is 2.36. The molecule has 0 unspecified atom stereocenters. The van der Waals surface area contributed by atoms with Gasteiger partial charge < -0.3 is 15.2 Å². The van der Waals surface area contributed by atoms with Gasteiger partial charge in [-0.25, -0.2) is 4.79 Å². The van der Waals surface area contributed by atoms with Crippen molar-refractivity contribution in [1.82, 2.24) is 10.2 Å². The quantitative estimate of drug-likeness (QED) is 0.793. The second-order valence-corrected chi connectivity index (χ2v) is 5.35. The molecular formula is C15H20N2O4. The summed E-state index contributed by atoms with van der Waals surface area (Å²) in [6.45, 7) is 5.44. The Labute approximate surface area is 123 Å². The molecule has 0 spiro atoms. The van der Waals surface area contributed by atoms with Crippen molar-refractivity contribution in [3.05, 3.63) is 29.3 Å². The molecule has 1 aliphatic heterocycles. The molecule has 1 aromatic carbocycles. The molecule has 1 aliphatic rings. The van der Waals surface area contributed by atoms with Gasteiger partial charge in [0, 0.05) is 0 Å². The van der Waals surface area contributed by atoms with Crippen molar-refractivity contribution < 1.29 is 19.4 Å². The Hall–Kier alpha value is -2.08. The zero-order valence-corrected chi connectivity index (χ0v) is 12.4. The Morgan fingerprint density at radius 3 is 2.71 bits per heavy atom. The normalized spacial score (nSPS) is 19.6. The Kier molecular flexibility index (Phi) is 4.47. The summed E-state index contributed by atoms with van der Waals surface area (Å²) in [4.78, 5) is 24.3. The first-order valence-corrected chi connectivity index (χ1v) is 6.88.